The van der Waals surface area contributed by atoms with Crippen molar-refractivity contribution < 1.29 is 16.8 Å². The van der Waals surface area contributed by atoms with Crippen LogP contribution in [0.1, 0.15) is 33.3 Å². The van der Waals surface area contributed by atoms with Gasteiger partial charge in [-0.15, -0.1) is 0 Å². The summed E-state index contributed by atoms with van der Waals surface area (Å²) in [5.74, 6) is 0. The molecule has 0 aliphatic carbocycles. The summed E-state index contributed by atoms with van der Waals surface area (Å²) in [6.07, 6.45) is 0. The van der Waals surface area contributed by atoms with Gasteiger partial charge in [0, 0.05) is 0 Å². The zero-order chi connectivity index (χ0) is 15.1. The van der Waals surface area contributed by atoms with E-state index in [2.05, 4.69) is 0 Å². The van der Waals surface area contributed by atoms with Gasteiger partial charge in [0.1, 0.15) is 0 Å². The van der Waals surface area contributed by atoms with Gasteiger partial charge in [-0.25, -0.2) is 16.8 Å². The fourth-order valence-corrected chi connectivity index (χ4v) is 6.01. The van der Waals surface area contributed by atoms with E-state index in [9.17, 15) is 16.8 Å². The van der Waals surface area contributed by atoms with Crippen LogP contribution in [-0.2, 0) is 19.7 Å². The molecule has 0 radical (unpaired) electrons. The SMILES string of the molecule is Cc1ccc(S(=O)(=O)C(C)(C)S(=O)(=O)C(C)C)cc1. The number of aryl methyl sites for hydroxylation is 1. The Morgan fingerprint density at radius 2 is 1.37 bits per heavy atom. The molecule has 1 rings (SSSR count). The lowest BCUT2D eigenvalue weighted by Gasteiger charge is -2.27. The third-order valence-corrected chi connectivity index (χ3v) is 9.44. The van der Waals surface area contributed by atoms with Crippen molar-refractivity contribution in [3.63, 3.8) is 0 Å². The maximum Gasteiger partial charge on any atom is 0.197 e. The van der Waals surface area contributed by atoms with Crippen LogP contribution in [0, 0.1) is 6.92 Å². The standard InChI is InChI=1S/C13H20O4S2/c1-10(2)18(14,15)13(4,5)19(16,17)12-8-6-11(3)7-9-12/h6-10H,1-5H3. The molecule has 0 aromatic heterocycles. The minimum atomic E-state index is -3.95. The van der Waals surface area contributed by atoms with E-state index in [1.54, 1.807) is 12.1 Å². The topological polar surface area (TPSA) is 68.3 Å². The van der Waals surface area contributed by atoms with Gasteiger partial charge < -0.3 is 0 Å². The van der Waals surface area contributed by atoms with Crippen molar-refractivity contribution in [1.82, 2.24) is 0 Å². The summed E-state index contributed by atoms with van der Waals surface area (Å²) in [5.41, 5.74) is 0.920. The Labute approximate surface area is 115 Å². The summed E-state index contributed by atoms with van der Waals surface area (Å²) in [6.45, 7) is 7.31. The summed E-state index contributed by atoms with van der Waals surface area (Å²) < 4.78 is 47.8. The Balaban J connectivity index is 3.47. The monoisotopic (exact) mass is 304 g/mol. The molecule has 0 amide bonds. The van der Waals surface area contributed by atoms with Crippen molar-refractivity contribution in [3.05, 3.63) is 29.8 Å². The summed E-state index contributed by atoms with van der Waals surface area (Å²) in [6, 6.07) is 6.21. The Morgan fingerprint density at radius 1 is 0.947 bits per heavy atom. The molecule has 0 saturated heterocycles. The van der Waals surface area contributed by atoms with Gasteiger partial charge in [0.05, 0.1) is 10.1 Å². The molecule has 6 heteroatoms. The van der Waals surface area contributed by atoms with Crippen molar-refractivity contribution in [2.24, 2.45) is 0 Å². The first-order chi connectivity index (χ1) is 8.44. The van der Waals surface area contributed by atoms with Crippen LogP contribution in [0.4, 0.5) is 0 Å². The van der Waals surface area contributed by atoms with Crippen molar-refractivity contribution in [2.45, 2.75) is 48.8 Å². The van der Waals surface area contributed by atoms with Gasteiger partial charge in [-0.2, -0.15) is 0 Å². The molecular formula is C13H20O4S2. The smallest absolute Gasteiger partial charge is 0.197 e. The predicted octanol–water partition coefficient (Wildman–Crippen LogP) is 2.33. The predicted molar refractivity (Wildman–Crippen MR) is 76.5 cm³/mol. The van der Waals surface area contributed by atoms with E-state index in [-0.39, 0.29) is 4.90 Å². The maximum atomic E-state index is 12.5. The molecule has 1 aromatic rings. The molecule has 0 aliphatic rings. The molecule has 0 saturated carbocycles. The second kappa shape index (κ2) is 4.90. The number of benzene rings is 1. The summed E-state index contributed by atoms with van der Waals surface area (Å²) in [5, 5.41) is -0.747. The van der Waals surface area contributed by atoms with Crippen molar-refractivity contribution in [3.8, 4) is 0 Å². The highest BCUT2D eigenvalue weighted by Crippen LogP contribution is 2.33. The van der Waals surface area contributed by atoms with Crippen molar-refractivity contribution in [1.29, 1.82) is 0 Å². The molecule has 4 nitrogen and oxygen atoms in total. The van der Waals surface area contributed by atoms with Gasteiger partial charge >= 0.3 is 0 Å². The molecule has 0 N–H and O–H groups in total. The van der Waals surface area contributed by atoms with Crippen LogP contribution >= 0.6 is 0 Å². The molecule has 0 fully saturated rings. The zero-order valence-electron chi connectivity index (χ0n) is 11.8. The molecule has 19 heavy (non-hydrogen) atoms. The number of hydrogen-bond acceptors (Lipinski definition) is 4. The molecule has 0 heterocycles. The normalized spacial score (nSPS) is 13.8. The third kappa shape index (κ3) is 2.56. The lowest BCUT2D eigenvalue weighted by atomic mass is 10.2. The summed E-state index contributed by atoms with van der Waals surface area (Å²) >= 11 is 0. The van der Waals surface area contributed by atoms with Crippen LogP contribution in [0.5, 0.6) is 0 Å². The van der Waals surface area contributed by atoms with Crippen LogP contribution in [0.25, 0.3) is 0 Å². The van der Waals surface area contributed by atoms with Gasteiger partial charge in [-0.05, 0) is 46.8 Å². The molecule has 0 spiro atoms. The quantitative estimate of drug-likeness (QED) is 0.856. The summed E-state index contributed by atoms with van der Waals surface area (Å²) in [4.78, 5) is 0.0346. The highest BCUT2D eigenvalue weighted by atomic mass is 32.3. The molecule has 0 bridgehead atoms. The van der Waals surface area contributed by atoms with Crippen LogP contribution < -0.4 is 0 Å². The zero-order valence-corrected chi connectivity index (χ0v) is 13.5. The highest BCUT2D eigenvalue weighted by Gasteiger charge is 2.48. The van der Waals surface area contributed by atoms with E-state index in [1.807, 2.05) is 6.92 Å². The van der Waals surface area contributed by atoms with Gasteiger partial charge in [0.2, 0.25) is 0 Å². The number of hydrogen-bond donors (Lipinski definition) is 0. The van der Waals surface area contributed by atoms with E-state index < -0.39 is 29.0 Å². The number of rotatable bonds is 4. The second-order valence-corrected chi connectivity index (χ2v) is 11.1. The fourth-order valence-electron chi connectivity index (χ4n) is 1.72. The van der Waals surface area contributed by atoms with Crippen LogP contribution in [0.15, 0.2) is 29.2 Å². The van der Waals surface area contributed by atoms with E-state index >= 15 is 0 Å². The number of sulfone groups is 2. The summed E-state index contributed by atoms with van der Waals surface area (Å²) in [7, 11) is -7.73. The van der Waals surface area contributed by atoms with Crippen LogP contribution in [0.2, 0.25) is 0 Å². The minimum absolute atomic E-state index is 0.0346. The van der Waals surface area contributed by atoms with Gasteiger partial charge in [-0.1, -0.05) is 17.7 Å². The first-order valence-corrected chi connectivity index (χ1v) is 9.02. The van der Waals surface area contributed by atoms with E-state index in [1.165, 1.54) is 39.8 Å². The first-order valence-electron chi connectivity index (χ1n) is 5.99. The first kappa shape index (κ1) is 16.2. The van der Waals surface area contributed by atoms with Crippen LogP contribution in [0.3, 0.4) is 0 Å². The largest absolute Gasteiger partial charge is 0.227 e. The highest BCUT2D eigenvalue weighted by molar-refractivity contribution is 8.10. The average molecular weight is 304 g/mol. The van der Waals surface area contributed by atoms with Crippen molar-refractivity contribution >= 4 is 19.7 Å². The molecule has 0 aliphatic heterocycles. The van der Waals surface area contributed by atoms with E-state index in [4.69, 9.17) is 0 Å². The van der Waals surface area contributed by atoms with Gasteiger partial charge in [0.25, 0.3) is 0 Å². The molecule has 108 valence electrons. The fraction of sp³-hybridized carbons (Fsp3) is 0.538. The Hall–Kier alpha value is -0.880. The van der Waals surface area contributed by atoms with Crippen LogP contribution in [-0.4, -0.2) is 26.2 Å². The second-order valence-electron chi connectivity index (χ2n) is 5.31. The maximum absolute atomic E-state index is 12.5. The van der Waals surface area contributed by atoms with Crippen molar-refractivity contribution in [2.75, 3.05) is 0 Å². The third-order valence-electron chi connectivity index (χ3n) is 3.28. The average Bonchev–Trinajstić information content (AvgIpc) is 2.28. The Morgan fingerprint density at radius 3 is 1.74 bits per heavy atom. The van der Waals surface area contributed by atoms with Gasteiger partial charge in [0.15, 0.2) is 23.8 Å². The lowest BCUT2D eigenvalue weighted by Crippen LogP contribution is -2.44. The van der Waals surface area contributed by atoms with E-state index in [0.717, 1.165) is 5.56 Å². The molecular weight excluding hydrogens is 284 g/mol. The minimum Gasteiger partial charge on any atom is -0.227 e. The Bertz CT molecular complexity index is 651. The van der Waals surface area contributed by atoms with Gasteiger partial charge in [-0.3, -0.25) is 0 Å². The Kier molecular flexibility index (Phi) is 4.17. The lowest BCUT2D eigenvalue weighted by molar-refractivity contribution is 0.549. The van der Waals surface area contributed by atoms with E-state index in [0.29, 0.717) is 0 Å². The molecule has 0 atom stereocenters. The molecule has 0 unspecified atom stereocenters. The molecule has 1 aromatic carbocycles.